The number of hydrogen-bond acceptors (Lipinski definition) is 2. The van der Waals surface area contributed by atoms with Crippen LogP contribution in [0.15, 0.2) is 42.5 Å². The van der Waals surface area contributed by atoms with E-state index in [2.05, 4.69) is 5.32 Å². The number of hydrogen-bond donors (Lipinski definition) is 2. The molecule has 0 aromatic heterocycles. The molecule has 2 aromatic rings. The molecule has 0 spiro atoms. The summed E-state index contributed by atoms with van der Waals surface area (Å²) in [5, 5.41) is 2.86. The SMILES string of the molecule is CC(C)(C)C(NC(=O)Cc1ccc(N)cc1)c1ccc(F)cc1F. The van der Waals surface area contributed by atoms with E-state index >= 15 is 0 Å². The molecule has 1 amide bonds. The highest BCUT2D eigenvalue weighted by Crippen LogP contribution is 2.34. The Bertz CT molecular complexity index is 721. The average Bonchev–Trinajstić information content (AvgIpc) is 2.47. The first-order valence-electron chi connectivity index (χ1n) is 7.75. The van der Waals surface area contributed by atoms with E-state index in [9.17, 15) is 13.6 Å². The lowest BCUT2D eigenvalue weighted by Crippen LogP contribution is -2.38. The van der Waals surface area contributed by atoms with E-state index in [1.807, 2.05) is 20.8 Å². The number of carbonyl (C=O) groups excluding carboxylic acids is 1. The zero-order chi connectivity index (χ0) is 17.9. The number of anilines is 1. The fraction of sp³-hybridized carbons (Fsp3) is 0.316. The number of nitrogens with two attached hydrogens (primary N) is 1. The average molecular weight is 332 g/mol. The van der Waals surface area contributed by atoms with Crippen LogP contribution >= 0.6 is 0 Å². The molecule has 0 heterocycles. The molecule has 128 valence electrons. The third kappa shape index (κ3) is 4.54. The highest BCUT2D eigenvalue weighted by Gasteiger charge is 2.30. The van der Waals surface area contributed by atoms with Crippen molar-refractivity contribution in [1.82, 2.24) is 5.32 Å². The third-order valence-corrected chi connectivity index (χ3v) is 3.79. The molecule has 0 bridgehead atoms. The molecule has 0 saturated carbocycles. The third-order valence-electron chi connectivity index (χ3n) is 3.79. The van der Waals surface area contributed by atoms with Gasteiger partial charge in [0.2, 0.25) is 5.91 Å². The number of nitrogens with one attached hydrogen (secondary N) is 1. The number of nitrogen functional groups attached to an aromatic ring is 1. The highest BCUT2D eigenvalue weighted by atomic mass is 19.1. The minimum Gasteiger partial charge on any atom is -0.399 e. The van der Waals surface area contributed by atoms with E-state index in [1.165, 1.54) is 12.1 Å². The van der Waals surface area contributed by atoms with Gasteiger partial charge < -0.3 is 11.1 Å². The zero-order valence-corrected chi connectivity index (χ0v) is 14.1. The summed E-state index contributed by atoms with van der Waals surface area (Å²) < 4.78 is 27.3. The van der Waals surface area contributed by atoms with Crippen molar-refractivity contribution < 1.29 is 13.6 Å². The Balaban J connectivity index is 2.20. The summed E-state index contributed by atoms with van der Waals surface area (Å²) in [5.74, 6) is -1.54. The van der Waals surface area contributed by atoms with Gasteiger partial charge in [-0.3, -0.25) is 4.79 Å². The van der Waals surface area contributed by atoms with Gasteiger partial charge in [-0.1, -0.05) is 39.0 Å². The molecular weight excluding hydrogens is 310 g/mol. The molecule has 1 atom stereocenters. The lowest BCUT2D eigenvalue weighted by atomic mass is 9.82. The summed E-state index contributed by atoms with van der Waals surface area (Å²) in [6.45, 7) is 5.68. The molecule has 3 nitrogen and oxygen atoms in total. The van der Waals surface area contributed by atoms with Crippen molar-refractivity contribution in [2.24, 2.45) is 5.41 Å². The molecule has 2 rings (SSSR count). The van der Waals surface area contributed by atoms with Gasteiger partial charge in [-0.2, -0.15) is 0 Å². The first-order chi connectivity index (χ1) is 11.2. The number of carbonyl (C=O) groups is 1. The van der Waals surface area contributed by atoms with Crippen LogP contribution in [0, 0.1) is 17.0 Å². The maximum atomic E-state index is 14.1. The van der Waals surface area contributed by atoms with E-state index in [1.54, 1.807) is 24.3 Å². The van der Waals surface area contributed by atoms with Crippen LogP contribution in [-0.4, -0.2) is 5.91 Å². The first kappa shape index (κ1) is 17.9. The molecule has 1 unspecified atom stereocenters. The first-order valence-corrected chi connectivity index (χ1v) is 7.75. The van der Waals surface area contributed by atoms with Gasteiger partial charge in [0.1, 0.15) is 11.6 Å². The maximum absolute atomic E-state index is 14.1. The summed E-state index contributed by atoms with van der Waals surface area (Å²) >= 11 is 0. The smallest absolute Gasteiger partial charge is 0.224 e. The number of rotatable bonds is 4. The largest absolute Gasteiger partial charge is 0.399 e. The Morgan fingerprint density at radius 1 is 1.12 bits per heavy atom. The van der Waals surface area contributed by atoms with Gasteiger partial charge in [0.25, 0.3) is 0 Å². The van der Waals surface area contributed by atoms with Crippen molar-refractivity contribution in [1.29, 1.82) is 0 Å². The summed E-state index contributed by atoms with van der Waals surface area (Å²) in [4.78, 5) is 12.4. The monoisotopic (exact) mass is 332 g/mol. The number of benzene rings is 2. The van der Waals surface area contributed by atoms with Gasteiger partial charge in [0.05, 0.1) is 12.5 Å². The molecule has 0 aliphatic carbocycles. The molecule has 24 heavy (non-hydrogen) atoms. The molecular formula is C19H22F2N2O. The molecule has 2 aromatic carbocycles. The van der Waals surface area contributed by atoms with E-state index in [-0.39, 0.29) is 17.9 Å². The van der Waals surface area contributed by atoms with E-state index in [4.69, 9.17) is 5.73 Å². The number of amides is 1. The van der Waals surface area contributed by atoms with Crippen LogP contribution in [0.2, 0.25) is 0 Å². The quantitative estimate of drug-likeness (QED) is 0.832. The van der Waals surface area contributed by atoms with Gasteiger partial charge in [-0.05, 0) is 29.2 Å². The minimum atomic E-state index is -0.664. The second kappa shape index (κ2) is 6.99. The van der Waals surface area contributed by atoms with Crippen LogP contribution in [0.4, 0.5) is 14.5 Å². The molecule has 3 N–H and O–H groups in total. The molecule has 0 aliphatic heterocycles. The van der Waals surface area contributed by atoms with Crippen LogP contribution < -0.4 is 11.1 Å². The Morgan fingerprint density at radius 2 is 1.75 bits per heavy atom. The Kier molecular flexibility index (Phi) is 5.22. The molecule has 0 radical (unpaired) electrons. The highest BCUT2D eigenvalue weighted by molar-refractivity contribution is 5.79. The van der Waals surface area contributed by atoms with E-state index in [0.29, 0.717) is 5.69 Å². The van der Waals surface area contributed by atoms with E-state index in [0.717, 1.165) is 11.6 Å². The fourth-order valence-electron chi connectivity index (χ4n) is 2.53. The van der Waals surface area contributed by atoms with Gasteiger partial charge in [-0.25, -0.2) is 8.78 Å². The maximum Gasteiger partial charge on any atom is 0.224 e. The second-order valence-electron chi connectivity index (χ2n) is 6.95. The van der Waals surface area contributed by atoms with Crippen LogP contribution in [0.3, 0.4) is 0 Å². The predicted molar refractivity (Wildman–Crippen MR) is 91.3 cm³/mol. The van der Waals surface area contributed by atoms with Crippen molar-refractivity contribution in [2.45, 2.75) is 33.2 Å². The lowest BCUT2D eigenvalue weighted by molar-refractivity contribution is -0.122. The standard InChI is InChI=1S/C19H22F2N2O/c1-19(2,3)18(15-9-6-13(20)11-16(15)21)23-17(24)10-12-4-7-14(22)8-5-12/h4-9,11,18H,10,22H2,1-3H3,(H,23,24). The Morgan fingerprint density at radius 3 is 2.29 bits per heavy atom. The molecule has 0 saturated heterocycles. The Hall–Kier alpha value is -2.43. The van der Waals surface area contributed by atoms with Crippen molar-refractivity contribution >= 4 is 11.6 Å². The lowest BCUT2D eigenvalue weighted by Gasteiger charge is -2.32. The van der Waals surface area contributed by atoms with Gasteiger partial charge in [-0.15, -0.1) is 0 Å². The van der Waals surface area contributed by atoms with Crippen LogP contribution in [0.25, 0.3) is 0 Å². The zero-order valence-electron chi connectivity index (χ0n) is 14.1. The van der Waals surface area contributed by atoms with Crippen molar-refractivity contribution in [3.63, 3.8) is 0 Å². The minimum absolute atomic E-state index is 0.162. The Labute approximate surface area is 140 Å². The fourth-order valence-corrected chi connectivity index (χ4v) is 2.53. The topological polar surface area (TPSA) is 55.1 Å². The van der Waals surface area contributed by atoms with Crippen molar-refractivity contribution in [3.8, 4) is 0 Å². The van der Waals surface area contributed by atoms with Crippen LogP contribution in [-0.2, 0) is 11.2 Å². The van der Waals surface area contributed by atoms with Crippen LogP contribution in [0.5, 0.6) is 0 Å². The predicted octanol–water partition coefficient (Wildman–Crippen LogP) is 3.99. The summed E-state index contributed by atoms with van der Waals surface area (Å²) in [6, 6.07) is 9.85. The molecule has 0 fully saturated rings. The van der Waals surface area contributed by atoms with Crippen molar-refractivity contribution in [2.75, 3.05) is 5.73 Å². The summed E-state index contributed by atoms with van der Waals surface area (Å²) in [5.41, 5.74) is 6.90. The number of halogens is 2. The normalized spacial score (nSPS) is 12.7. The van der Waals surface area contributed by atoms with E-state index < -0.39 is 23.1 Å². The van der Waals surface area contributed by atoms with Gasteiger partial charge in [0.15, 0.2) is 0 Å². The van der Waals surface area contributed by atoms with Crippen LogP contribution in [0.1, 0.15) is 37.9 Å². The molecule has 0 aliphatic rings. The van der Waals surface area contributed by atoms with Gasteiger partial charge >= 0.3 is 0 Å². The summed E-state index contributed by atoms with van der Waals surface area (Å²) in [7, 11) is 0. The second-order valence-corrected chi connectivity index (χ2v) is 6.95. The molecule has 5 heteroatoms. The van der Waals surface area contributed by atoms with Crippen molar-refractivity contribution in [3.05, 3.63) is 65.2 Å². The van der Waals surface area contributed by atoms with Gasteiger partial charge in [0, 0.05) is 17.3 Å². The summed E-state index contributed by atoms with van der Waals surface area (Å²) in [6.07, 6.45) is 0.162.